The predicted molar refractivity (Wildman–Crippen MR) is 71.6 cm³/mol. The lowest BCUT2D eigenvalue weighted by Crippen LogP contribution is -2.48. The molecule has 0 bridgehead atoms. The topological polar surface area (TPSA) is 70.8 Å². The summed E-state index contributed by atoms with van der Waals surface area (Å²) in [4.78, 5) is 6.35. The summed E-state index contributed by atoms with van der Waals surface area (Å²) in [5.41, 5.74) is 0.794. The molecule has 1 fully saturated rings. The number of nitrogens with zero attached hydrogens (tertiary/aromatic N) is 5. The van der Waals surface area contributed by atoms with Crippen molar-refractivity contribution in [3.63, 3.8) is 0 Å². The summed E-state index contributed by atoms with van der Waals surface area (Å²) in [5, 5.41) is 4.24. The Labute approximate surface area is 111 Å². The van der Waals surface area contributed by atoms with E-state index < -0.39 is 10.0 Å². The van der Waals surface area contributed by atoms with Gasteiger partial charge in [0, 0.05) is 38.4 Å². The molecule has 3 rings (SSSR count). The second-order valence-electron chi connectivity index (χ2n) is 4.55. The molecular weight excluding hydrogens is 266 g/mol. The van der Waals surface area contributed by atoms with E-state index in [0.717, 1.165) is 11.5 Å². The highest BCUT2D eigenvalue weighted by Gasteiger charge is 2.24. The van der Waals surface area contributed by atoms with Gasteiger partial charge in [-0.3, -0.25) is 0 Å². The van der Waals surface area contributed by atoms with Gasteiger partial charge in [0.1, 0.15) is 5.82 Å². The standard InChI is InChI=1S/C11H15N5O2S/c1-19(17,18)15-8-6-14(7-9-15)11-3-4-12-10-2-5-13-16(10)11/h2-5H,6-9H2,1H3. The van der Waals surface area contributed by atoms with Gasteiger partial charge in [0.25, 0.3) is 0 Å². The lowest BCUT2D eigenvalue weighted by molar-refractivity contribution is 0.386. The Morgan fingerprint density at radius 3 is 2.53 bits per heavy atom. The summed E-state index contributed by atoms with van der Waals surface area (Å²) in [6.45, 7) is 2.33. The van der Waals surface area contributed by atoms with Crippen molar-refractivity contribution in [1.82, 2.24) is 18.9 Å². The van der Waals surface area contributed by atoms with Gasteiger partial charge >= 0.3 is 0 Å². The first-order valence-corrected chi connectivity index (χ1v) is 7.89. The van der Waals surface area contributed by atoms with Gasteiger partial charge in [0.2, 0.25) is 10.0 Å². The molecule has 19 heavy (non-hydrogen) atoms. The Morgan fingerprint density at radius 1 is 1.11 bits per heavy atom. The van der Waals surface area contributed by atoms with Crippen LogP contribution in [0, 0.1) is 0 Å². The zero-order chi connectivity index (χ0) is 13.5. The van der Waals surface area contributed by atoms with Crippen molar-refractivity contribution in [2.45, 2.75) is 0 Å². The monoisotopic (exact) mass is 281 g/mol. The predicted octanol–water partition coefficient (Wildman–Crippen LogP) is -0.189. The Balaban J connectivity index is 1.84. The third-order valence-electron chi connectivity index (χ3n) is 3.30. The van der Waals surface area contributed by atoms with E-state index in [1.807, 2.05) is 12.1 Å². The molecular formula is C11H15N5O2S. The summed E-state index contributed by atoms with van der Waals surface area (Å²) in [7, 11) is -3.09. The molecule has 2 aromatic rings. The van der Waals surface area contributed by atoms with Crippen LogP contribution >= 0.6 is 0 Å². The first-order chi connectivity index (χ1) is 9.05. The number of hydrogen-bond acceptors (Lipinski definition) is 5. The van der Waals surface area contributed by atoms with E-state index in [9.17, 15) is 8.42 Å². The van der Waals surface area contributed by atoms with Crippen molar-refractivity contribution in [3.05, 3.63) is 24.5 Å². The molecule has 8 heteroatoms. The van der Waals surface area contributed by atoms with Crippen LogP contribution in [0.5, 0.6) is 0 Å². The molecule has 2 aromatic heterocycles. The van der Waals surface area contributed by atoms with E-state index in [1.54, 1.807) is 16.9 Å². The Bertz CT molecular complexity index is 688. The zero-order valence-electron chi connectivity index (χ0n) is 10.6. The van der Waals surface area contributed by atoms with Crippen LogP contribution in [-0.2, 0) is 10.0 Å². The highest BCUT2D eigenvalue weighted by atomic mass is 32.2. The van der Waals surface area contributed by atoms with Gasteiger partial charge in [-0.1, -0.05) is 0 Å². The molecule has 0 N–H and O–H groups in total. The number of fused-ring (bicyclic) bond motifs is 1. The molecule has 102 valence electrons. The lowest BCUT2D eigenvalue weighted by atomic mass is 10.3. The Hall–Kier alpha value is -1.67. The number of sulfonamides is 1. The maximum absolute atomic E-state index is 11.5. The normalized spacial score (nSPS) is 18.1. The third-order valence-corrected chi connectivity index (χ3v) is 4.61. The molecule has 0 saturated carbocycles. The minimum atomic E-state index is -3.09. The maximum Gasteiger partial charge on any atom is 0.211 e. The van der Waals surface area contributed by atoms with E-state index in [-0.39, 0.29) is 0 Å². The molecule has 0 radical (unpaired) electrons. The molecule has 1 aliphatic heterocycles. The summed E-state index contributed by atoms with van der Waals surface area (Å²) in [5.74, 6) is 0.947. The summed E-state index contributed by atoms with van der Waals surface area (Å²) in [6.07, 6.45) is 4.70. The van der Waals surface area contributed by atoms with Crippen molar-refractivity contribution in [2.75, 3.05) is 37.3 Å². The van der Waals surface area contributed by atoms with Gasteiger partial charge in [-0.05, 0) is 6.07 Å². The van der Waals surface area contributed by atoms with Crippen LogP contribution in [-0.4, -0.2) is 59.8 Å². The summed E-state index contributed by atoms with van der Waals surface area (Å²) in [6, 6.07) is 3.74. The smallest absolute Gasteiger partial charge is 0.211 e. The average molecular weight is 281 g/mol. The molecule has 7 nitrogen and oxygen atoms in total. The first kappa shape index (κ1) is 12.4. The molecule has 0 spiro atoms. The van der Waals surface area contributed by atoms with E-state index in [1.165, 1.54) is 10.6 Å². The van der Waals surface area contributed by atoms with Crippen LogP contribution in [0.25, 0.3) is 5.65 Å². The minimum Gasteiger partial charge on any atom is -0.354 e. The number of piperazine rings is 1. The fourth-order valence-electron chi connectivity index (χ4n) is 2.31. The second-order valence-corrected chi connectivity index (χ2v) is 6.54. The highest BCUT2D eigenvalue weighted by molar-refractivity contribution is 7.88. The van der Waals surface area contributed by atoms with Gasteiger partial charge < -0.3 is 4.90 Å². The summed E-state index contributed by atoms with van der Waals surface area (Å²) >= 11 is 0. The molecule has 3 heterocycles. The Morgan fingerprint density at radius 2 is 1.84 bits per heavy atom. The molecule has 1 saturated heterocycles. The maximum atomic E-state index is 11.5. The summed E-state index contributed by atoms with van der Waals surface area (Å²) < 4.78 is 26.2. The van der Waals surface area contributed by atoms with E-state index in [2.05, 4.69) is 15.0 Å². The van der Waals surface area contributed by atoms with E-state index >= 15 is 0 Å². The number of hydrogen-bond donors (Lipinski definition) is 0. The van der Waals surface area contributed by atoms with E-state index in [4.69, 9.17) is 0 Å². The SMILES string of the molecule is CS(=O)(=O)N1CCN(c2ccnc3ccnn23)CC1. The van der Waals surface area contributed by atoms with Gasteiger partial charge in [0.05, 0.1) is 12.5 Å². The van der Waals surface area contributed by atoms with Crippen LogP contribution in [0.1, 0.15) is 0 Å². The zero-order valence-corrected chi connectivity index (χ0v) is 11.4. The number of anilines is 1. The third kappa shape index (κ3) is 2.28. The first-order valence-electron chi connectivity index (χ1n) is 6.04. The van der Waals surface area contributed by atoms with Crippen molar-refractivity contribution in [2.24, 2.45) is 0 Å². The van der Waals surface area contributed by atoms with Crippen LogP contribution in [0.4, 0.5) is 5.82 Å². The van der Waals surface area contributed by atoms with Gasteiger partial charge in [0.15, 0.2) is 5.65 Å². The van der Waals surface area contributed by atoms with Crippen molar-refractivity contribution in [3.8, 4) is 0 Å². The second kappa shape index (κ2) is 4.46. The van der Waals surface area contributed by atoms with Gasteiger partial charge in [-0.15, -0.1) is 0 Å². The van der Waals surface area contributed by atoms with Crippen molar-refractivity contribution in [1.29, 1.82) is 0 Å². The average Bonchev–Trinajstić information content (AvgIpc) is 2.86. The molecule has 0 unspecified atom stereocenters. The molecule has 0 atom stereocenters. The fourth-order valence-corrected chi connectivity index (χ4v) is 3.14. The van der Waals surface area contributed by atoms with Crippen molar-refractivity contribution >= 4 is 21.5 Å². The molecule has 1 aliphatic rings. The van der Waals surface area contributed by atoms with Crippen LogP contribution < -0.4 is 4.90 Å². The van der Waals surface area contributed by atoms with E-state index in [0.29, 0.717) is 26.2 Å². The van der Waals surface area contributed by atoms with Crippen LogP contribution in [0.2, 0.25) is 0 Å². The molecule has 0 aliphatic carbocycles. The van der Waals surface area contributed by atoms with Gasteiger partial charge in [-0.2, -0.15) is 13.9 Å². The molecule has 0 amide bonds. The Kier molecular flexibility index (Phi) is 2.90. The van der Waals surface area contributed by atoms with Crippen LogP contribution in [0.3, 0.4) is 0 Å². The fraction of sp³-hybridized carbons (Fsp3) is 0.455. The number of aromatic nitrogens is 3. The lowest BCUT2D eigenvalue weighted by Gasteiger charge is -2.34. The quantitative estimate of drug-likeness (QED) is 0.763. The number of rotatable bonds is 2. The molecule has 0 aromatic carbocycles. The minimum absolute atomic E-state index is 0.504. The largest absolute Gasteiger partial charge is 0.354 e. The van der Waals surface area contributed by atoms with Crippen LogP contribution in [0.15, 0.2) is 24.5 Å². The van der Waals surface area contributed by atoms with Crippen molar-refractivity contribution < 1.29 is 8.42 Å². The highest BCUT2D eigenvalue weighted by Crippen LogP contribution is 2.17. The van der Waals surface area contributed by atoms with Gasteiger partial charge in [-0.25, -0.2) is 13.4 Å².